The monoisotopic (exact) mass is 425 g/mol. The van der Waals surface area contributed by atoms with Crippen LogP contribution in [-0.4, -0.2) is 57.0 Å². The number of ether oxygens (including phenoxy) is 5. The Morgan fingerprint density at radius 3 is 1.83 bits per heavy atom. The molecule has 0 atom stereocenters. The average Bonchev–Trinajstić information content (AvgIpc) is 2.76. The maximum atomic E-state index is 13.2. The van der Waals surface area contributed by atoms with Gasteiger partial charge in [-0.25, -0.2) is 13.2 Å². The lowest BCUT2D eigenvalue weighted by molar-refractivity contribution is 0.0601. The van der Waals surface area contributed by atoms with Crippen molar-refractivity contribution in [2.75, 3.05) is 46.9 Å². The molecule has 0 N–H and O–H groups in total. The van der Waals surface area contributed by atoms with Crippen LogP contribution in [0.4, 0.5) is 5.69 Å². The number of hydrogen-bond acceptors (Lipinski definition) is 8. The highest BCUT2D eigenvalue weighted by molar-refractivity contribution is 7.92. The van der Waals surface area contributed by atoms with Gasteiger partial charge in [0.2, 0.25) is 0 Å². The molecule has 2 aromatic carbocycles. The summed E-state index contributed by atoms with van der Waals surface area (Å²) in [6, 6.07) is 6.95. The third-order valence-electron chi connectivity index (χ3n) is 4.26. The Balaban J connectivity index is 2.65. The zero-order chi connectivity index (χ0) is 21.8. The van der Waals surface area contributed by atoms with E-state index >= 15 is 0 Å². The molecule has 29 heavy (non-hydrogen) atoms. The highest BCUT2D eigenvalue weighted by atomic mass is 32.2. The van der Waals surface area contributed by atoms with Crippen molar-refractivity contribution < 1.29 is 36.9 Å². The molecule has 10 heteroatoms. The molecule has 2 aromatic rings. The predicted molar refractivity (Wildman–Crippen MR) is 106 cm³/mol. The fraction of sp³-hybridized carbons (Fsp3) is 0.316. The molecule has 9 nitrogen and oxygen atoms in total. The quantitative estimate of drug-likeness (QED) is 0.594. The molecule has 0 aliphatic heterocycles. The van der Waals surface area contributed by atoms with Gasteiger partial charge in [-0.15, -0.1) is 0 Å². The summed E-state index contributed by atoms with van der Waals surface area (Å²) in [6.07, 6.45) is 0. The highest BCUT2D eigenvalue weighted by Crippen LogP contribution is 2.38. The number of anilines is 1. The second-order valence-electron chi connectivity index (χ2n) is 5.71. The van der Waals surface area contributed by atoms with Crippen molar-refractivity contribution >= 4 is 21.7 Å². The van der Waals surface area contributed by atoms with Crippen LogP contribution in [0.15, 0.2) is 35.2 Å². The van der Waals surface area contributed by atoms with Crippen LogP contribution in [0, 0.1) is 0 Å². The minimum atomic E-state index is -4.06. The summed E-state index contributed by atoms with van der Waals surface area (Å²) >= 11 is 0. The van der Waals surface area contributed by atoms with Gasteiger partial charge in [-0.05, 0) is 12.1 Å². The van der Waals surface area contributed by atoms with E-state index in [9.17, 15) is 13.2 Å². The lowest BCUT2D eigenvalue weighted by atomic mass is 10.1. The Morgan fingerprint density at radius 1 is 0.793 bits per heavy atom. The summed E-state index contributed by atoms with van der Waals surface area (Å²) in [5, 5.41) is 0. The van der Waals surface area contributed by atoms with Gasteiger partial charge in [0.1, 0.15) is 0 Å². The summed E-state index contributed by atoms with van der Waals surface area (Å²) in [5.74, 6) is 0.423. The Bertz CT molecular complexity index is 1000. The fourth-order valence-electron chi connectivity index (χ4n) is 2.67. The summed E-state index contributed by atoms with van der Waals surface area (Å²) < 4.78 is 53.0. The van der Waals surface area contributed by atoms with E-state index in [2.05, 4.69) is 0 Å². The first-order chi connectivity index (χ1) is 13.7. The van der Waals surface area contributed by atoms with Crippen LogP contribution in [0.1, 0.15) is 10.4 Å². The van der Waals surface area contributed by atoms with E-state index in [-0.39, 0.29) is 33.4 Å². The predicted octanol–water partition coefficient (Wildman–Crippen LogP) is 2.33. The number of hydrogen-bond donors (Lipinski definition) is 0. The molecular weight excluding hydrogens is 402 g/mol. The molecule has 0 bridgehead atoms. The fourth-order valence-corrected chi connectivity index (χ4v) is 3.89. The molecule has 0 aliphatic carbocycles. The van der Waals surface area contributed by atoms with Gasteiger partial charge < -0.3 is 23.7 Å². The first-order valence-electron chi connectivity index (χ1n) is 8.30. The Labute approximate surface area is 169 Å². The van der Waals surface area contributed by atoms with Crippen molar-refractivity contribution in [1.82, 2.24) is 0 Å². The van der Waals surface area contributed by atoms with E-state index in [4.69, 9.17) is 23.7 Å². The third-order valence-corrected chi connectivity index (χ3v) is 6.03. The molecule has 0 heterocycles. The normalized spacial score (nSPS) is 10.8. The summed E-state index contributed by atoms with van der Waals surface area (Å²) in [7, 11) is 4.12. The van der Waals surface area contributed by atoms with Crippen LogP contribution in [0.5, 0.6) is 23.0 Å². The second kappa shape index (κ2) is 8.91. The van der Waals surface area contributed by atoms with Crippen LogP contribution in [0.3, 0.4) is 0 Å². The zero-order valence-electron chi connectivity index (χ0n) is 17.0. The van der Waals surface area contributed by atoms with Gasteiger partial charge >= 0.3 is 5.97 Å². The molecule has 158 valence electrons. The largest absolute Gasteiger partial charge is 0.493 e. The molecular formula is C19H23NO8S. The summed E-state index contributed by atoms with van der Waals surface area (Å²) in [4.78, 5) is 12.2. The van der Waals surface area contributed by atoms with Crippen molar-refractivity contribution in [3.8, 4) is 23.0 Å². The first-order valence-corrected chi connectivity index (χ1v) is 9.74. The van der Waals surface area contributed by atoms with Crippen LogP contribution in [-0.2, 0) is 14.8 Å². The number of nitrogens with zero attached hydrogens (tertiary/aromatic N) is 1. The number of sulfonamides is 1. The van der Waals surface area contributed by atoms with Gasteiger partial charge in [0.05, 0.1) is 51.7 Å². The van der Waals surface area contributed by atoms with E-state index in [0.717, 1.165) is 4.31 Å². The van der Waals surface area contributed by atoms with Gasteiger partial charge in [0.25, 0.3) is 10.0 Å². The van der Waals surface area contributed by atoms with Gasteiger partial charge in [0, 0.05) is 25.2 Å². The molecule has 0 aliphatic rings. The van der Waals surface area contributed by atoms with Crippen LogP contribution >= 0.6 is 0 Å². The van der Waals surface area contributed by atoms with Crippen LogP contribution < -0.4 is 23.3 Å². The molecule has 0 amide bonds. The zero-order valence-corrected chi connectivity index (χ0v) is 17.8. The topological polar surface area (TPSA) is 101 Å². The highest BCUT2D eigenvalue weighted by Gasteiger charge is 2.28. The Hall–Kier alpha value is -3.14. The van der Waals surface area contributed by atoms with Crippen molar-refractivity contribution in [3.05, 3.63) is 35.9 Å². The van der Waals surface area contributed by atoms with Crippen LogP contribution in [0.2, 0.25) is 0 Å². The third kappa shape index (κ3) is 4.16. The smallest absolute Gasteiger partial charge is 0.340 e. The SMILES string of the molecule is COC(=O)c1cc(OC)c(OC)cc1N(C)S(=O)(=O)c1ccc(OC)c(OC)c1. The summed E-state index contributed by atoms with van der Waals surface area (Å²) in [6.45, 7) is 0. The standard InChI is InChI=1S/C19H23NO8S/c1-20(29(22,23)12-7-8-15(24-2)16(9-12)25-3)14-11-18(27-5)17(26-4)10-13(14)19(21)28-6/h7-11H,1-6H3. The van der Waals surface area contributed by atoms with Gasteiger partial charge in [-0.3, -0.25) is 4.31 Å². The molecule has 0 saturated carbocycles. The lowest BCUT2D eigenvalue weighted by Crippen LogP contribution is -2.28. The van der Waals surface area contributed by atoms with Crippen molar-refractivity contribution in [2.24, 2.45) is 0 Å². The summed E-state index contributed by atoms with van der Waals surface area (Å²) in [5.41, 5.74) is 0.0565. The number of benzene rings is 2. The first kappa shape index (κ1) is 22.2. The second-order valence-corrected chi connectivity index (χ2v) is 7.67. The van der Waals surface area contributed by atoms with E-state index in [0.29, 0.717) is 5.75 Å². The minimum Gasteiger partial charge on any atom is -0.493 e. The Kier molecular flexibility index (Phi) is 6.80. The molecule has 0 spiro atoms. The van der Waals surface area contributed by atoms with Crippen molar-refractivity contribution in [1.29, 1.82) is 0 Å². The Morgan fingerprint density at radius 2 is 1.31 bits per heavy atom. The van der Waals surface area contributed by atoms with Gasteiger partial charge in [-0.1, -0.05) is 0 Å². The molecule has 0 unspecified atom stereocenters. The molecule has 0 radical (unpaired) electrons. The number of esters is 1. The maximum absolute atomic E-state index is 13.2. The van der Waals surface area contributed by atoms with E-state index in [1.165, 1.54) is 72.9 Å². The molecule has 2 rings (SSSR count). The van der Waals surface area contributed by atoms with E-state index < -0.39 is 16.0 Å². The van der Waals surface area contributed by atoms with E-state index in [1.54, 1.807) is 0 Å². The maximum Gasteiger partial charge on any atom is 0.340 e. The van der Waals surface area contributed by atoms with Crippen molar-refractivity contribution in [2.45, 2.75) is 4.90 Å². The number of methoxy groups -OCH3 is 5. The number of carbonyl (C=O) groups excluding carboxylic acids is 1. The molecule has 0 fully saturated rings. The molecule has 0 aromatic heterocycles. The minimum absolute atomic E-state index is 0.00305. The number of carbonyl (C=O) groups is 1. The van der Waals surface area contributed by atoms with Crippen molar-refractivity contribution in [3.63, 3.8) is 0 Å². The van der Waals surface area contributed by atoms with Gasteiger partial charge in [0.15, 0.2) is 23.0 Å². The molecule has 0 saturated heterocycles. The van der Waals surface area contributed by atoms with Gasteiger partial charge in [-0.2, -0.15) is 0 Å². The number of rotatable bonds is 8. The lowest BCUT2D eigenvalue weighted by Gasteiger charge is -2.23. The van der Waals surface area contributed by atoms with Crippen LogP contribution in [0.25, 0.3) is 0 Å². The average molecular weight is 425 g/mol. The van der Waals surface area contributed by atoms with E-state index in [1.807, 2.05) is 0 Å².